The van der Waals surface area contributed by atoms with E-state index in [-0.39, 0.29) is 0 Å². The SMILES string of the molecule is CN=C(NCC1CC1)N1CCC(COCCOC)C1. The Morgan fingerprint density at radius 3 is 2.79 bits per heavy atom. The average molecular weight is 269 g/mol. The molecule has 1 atom stereocenters. The summed E-state index contributed by atoms with van der Waals surface area (Å²) in [6.45, 7) is 5.43. The molecule has 19 heavy (non-hydrogen) atoms. The Hall–Kier alpha value is -0.810. The predicted octanol–water partition coefficient (Wildman–Crippen LogP) is 0.957. The summed E-state index contributed by atoms with van der Waals surface area (Å²) in [6, 6.07) is 0. The lowest BCUT2D eigenvalue weighted by Crippen LogP contribution is -2.41. The Kier molecular flexibility index (Phi) is 5.92. The van der Waals surface area contributed by atoms with Crippen molar-refractivity contribution in [2.24, 2.45) is 16.8 Å². The van der Waals surface area contributed by atoms with Gasteiger partial charge in [0, 0.05) is 39.7 Å². The first-order valence-corrected chi connectivity index (χ1v) is 7.35. The van der Waals surface area contributed by atoms with E-state index in [0.717, 1.165) is 38.1 Å². The fraction of sp³-hybridized carbons (Fsp3) is 0.929. The Morgan fingerprint density at radius 1 is 1.26 bits per heavy atom. The van der Waals surface area contributed by atoms with Crippen LogP contribution in [0.5, 0.6) is 0 Å². The lowest BCUT2D eigenvalue weighted by atomic mass is 10.1. The van der Waals surface area contributed by atoms with Crippen molar-refractivity contribution in [1.29, 1.82) is 0 Å². The first-order valence-electron chi connectivity index (χ1n) is 7.35. The van der Waals surface area contributed by atoms with Crippen LogP contribution in [-0.2, 0) is 9.47 Å². The summed E-state index contributed by atoms with van der Waals surface area (Å²) in [5.41, 5.74) is 0. The minimum absolute atomic E-state index is 0.622. The van der Waals surface area contributed by atoms with Crippen molar-refractivity contribution in [3.05, 3.63) is 0 Å². The average Bonchev–Trinajstić information content (AvgIpc) is 3.14. The zero-order chi connectivity index (χ0) is 13.5. The van der Waals surface area contributed by atoms with Crippen LogP contribution in [0.1, 0.15) is 19.3 Å². The van der Waals surface area contributed by atoms with Crippen molar-refractivity contribution >= 4 is 5.96 Å². The van der Waals surface area contributed by atoms with Crippen molar-refractivity contribution in [2.45, 2.75) is 19.3 Å². The molecule has 0 amide bonds. The van der Waals surface area contributed by atoms with Crippen molar-refractivity contribution in [1.82, 2.24) is 10.2 Å². The molecule has 2 aliphatic rings. The molecule has 1 aliphatic heterocycles. The maximum Gasteiger partial charge on any atom is 0.193 e. The Bertz CT molecular complexity index is 292. The molecule has 0 bridgehead atoms. The van der Waals surface area contributed by atoms with Gasteiger partial charge in [0.2, 0.25) is 0 Å². The van der Waals surface area contributed by atoms with Gasteiger partial charge in [-0.05, 0) is 25.2 Å². The second-order valence-corrected chi connectivity index (χ2v) is 5.54. The largest absolute Gasteiger partial charge is 0.382 e. The van der Waals surface area contributed by atoms with E-state index in [4.69, 9.17) is 9.47 Å². The van der Waals surface area contributed by atoms with Crippen LogP contribution in [0.25, 0.3) is 0 Å². The number of nitrogens with one attached hydrogen (secondary N) is 1. The van der Waals surface area contributed by atoms with Crippen LogP contribution in [-0.4, -0.2) is 64.5 Å². The molecule has 1 N–H and O–H groups in total. The van der Waals surface area contributed by atoms with Crippen LogP contribution in [0.3, 0.4) is 0 Å². The van der Waals surface area contributed by atoms with Crippen LogP contribution in [0.15, 0.2) is 4.99 Å². The highest BCUT2D eigenvalue weighted by molar-refractivity contribution is 5.80. The Labute approximate surface area is 116 Å². The maximum absolute atomic E-state index is 5.62. The van der Waals surface area contributed by atoms with Crippen LogP contribution in [0, 0.1) is 11.8 Å². The molecule has 0 spiro atoms. The van der Waals surface area contributed by atoms with Gasteiger partial charge in [0.1, 0.15) is 0 Å². The van der Waals surface area contributed by atoms with Crippen molar-refractivity contribution < 1.29 is 9.47 Å². The first-order chi connectivity index (χ1) is 9.33. The molecule has 0 aromatic heterocycles. The van der Waals surface area contributed by atoms with Gasteiger partial charge in [0.25, 0.3) is 0 Å². The summed E-state index contributed by atoms with van der Waals surface area (Å²) < 4.78 is 10.6. The third kappa shape index (κ3) is 4.99. The molecule has 0 aromatic carbocycles. The first kappa shape index (κ1) is 14.6. The van der Waals surface area contributed by atoms with Gasteiger partial charge in [-0.15, -0.1) is 0 Å². The molecule has 5 nitrogen and oxygen atoms in total. The molecule has 1 saturated carbocycles. The third-order valence-corrected chi connectivity index (χ3v) is 3.83. The zero-order valence-electron chi connectivity index (χ0n) is 12.2. The fourth-order valence-corrected chi connectivity index (χ4v) is 2.44. The van der Waals surface area contributed by atoms with Gasteiger partial charge in [-0.3, -0.25) is 4.99 Å². The lowest BCUT2D eigenvalue weighted by molar-refractivity contribution is 0.0536. The third-order valence-electron chi connectivity index (χ3n) is 3.83. The van der Waals surface area contributed by atoms with Crippen molar-refractivity contribution in [3.63, 3.8) is 0 Å². The number of hydrogen-bond acceptors (Lipinski definition) is 3. The van der Waals surface area contributed by atoms with Gasteiger partial charge in [-0.2, -0.15) is 0 Å². The number of rotatable bonds is 7. The van der Waals surface area contributed by atoms with Gasteiger partial charge >= 0.3 is 0 Å². The molecule has 1 aliphatic carbocycles. The number of ether oxygens (including phenoxy) is 2. The fourth-order valence-electron chi connectivity index (χ4n) is 2.44. The van der Waals surface area contributed by atoms with E-state index < -0.39 is 0 Å². The summed E-state index contributed by atoms with van der Waals surface area (Å²) in [4.78, 5) is 6.74. The topological polar surface area (TPSA) is 46.1 Å². The summed E-state index contributed by atoms with van der Waals surface area (Å²) in [5, 5.41) is 3.49. The summed E-state index contributed by atoms with van der Waals surface area (Å²) >= 11 is 0. The number of nitrogens with zero attached hydrogens (tertiary/aromatic N) is 2. The van der Waals surface area contributed by atoms with Crippen LogP contribution in [0.4, 0.5) is 0 Å². The number of likely N-dealkylation sites (tertiary alicyclic amines) is 1. The van der Waals surface area contributed by atoms with Crippen LogP contribution in [0.2, 0.25) is 0 Å². The van der Waals surface area contributed by atoms with E-state index in [1.165, 1.54) is 19.3 Å². The molecular formula is C14H27N3O2. The molecule has 5 heteroatoms. The van der Waals surface area contributed by atoms with Crippen molar-refractivity contribution in [2.75, 3.05) is 53.6 Å². The van der Waals surface area contributed by atoms with Gasteiger partial charge in [-0.25, -0.2) is 0 Å². The summed E-state index contributed by atoms with van der Waals surface area (Å²) in [6.07, 6.45) is 3.94. The molecule has 1 saturated heterocycles. The number of methoxy groups -OCH3 is 1. The lowest BCUT2D eigenvalue weighted by Gasteiger charge is -2.21. The zero-order valence-corrected chi connectivity index (χ0v) is 12.2. The Morgan fingerprint density at radius 2 is 2.11 bits per heavy atom. The van der Waals surface area contributed by atoms with E-state index >= 15 is 0 Å². The smallest absolute Gasteiger partial charge is 0.193 e. The molecule has 2 fully saturated rings. The minimum atomic E-state index is 0.622. The Balaban J connectivity index is 1.64. The standard InChI is InChI=1S/C14H27N3O2/c1-15-14(16-9-12-3-4-12)17-6-5-13(10-17)11-19-8-7-18-2/h12-13H,3-11H2,1-2H3,(H,15,16). The molecule has 0 aromatic rings. The van der Waals surface area contributed by atoms with E-state index in [1.54, 1.807) is 7.11 Å². The van der Waals surface area contributed by atoms with Crippen LogP contribution >= 0.6 is 0 Å². The minimum Gasteiger partial charge on any atom is -0.382 e. The second-order valence-electron chi connectivity index (χ2n) is 5.54. The molecule has 0 radical (unpaired) electrons. The predicted molar refractivity (Wildman–Crippen MR) is 76.5 cm³/mol. The van der Waals surface area contributed by atoms with Gasteiger partial charge in [0.05, 0.1) is 19.8 Å². The van der Waals surface area contributed by atoms with E-state index in [1.807, 2.05) is 7.05 Å². The number of aliphatic imine (C=N–C) groups is 1. The van der Waals surface area contributed by atoms with Gasteiger partial charge < -0.3 is 19.7 Å². The highest BCUT2D eigenvalue weighted by atomic mass is 16.5. The summed E-state index contributed by atoms with van der Waals surface area (Å²) in [5.74, 6) is 2.56. The second kappa shape index (κ2) is 7.70. The molecule has 2 rings (SSSR count). The van der Waals surface area contributed by atoms with Gasteiger partial charge in [-0.1, -0.05) is 0 Å². The van der Waals surface area contributed by atoms with Crippen molar-refractivity contribution in [3.8, 4) is 0 Å². The summed E-state index contributed by atoms with van der Waals surface area (Å²) in [7, 11) is 3.58. The van der Waals surface area contributed by atoms with E-state index in [2.05, 4.69) is 15.2 Å². The molecule has 1 heterocycles. The normalized spacial score (nSPS) is 24.0. The highest BCUT2D eigenvalue weighted by Crippen LogP contribution is 2.27. The molecule has 110 valence electrons. The molecule has 1 unspecified atom stereocenters. The number of hydrogen-bond donors (Lipinski definition) is 1. The quantitative estimate of drug-likeness (QED) is 0.425. The van der Waals surface area contributed by atoms with E-state index in [0.29, 0.717) is 19.1 Å². The van der Waals surface area contributed by atoms with Crippen LogP contribution < -0.4 is 5.32 Å². The van der Waals surface area contributed by atoms with Gasteiger partial charge in [0.15, 0.2) is 5.96 Å². The monoisotopic (exact) mass is 269 g/mol. The number of guanidine groups is 1. The molecular weight excluding hydrogens is 242 g/mol. The maximum atomic E-state index is 5.62. The highest BCUT2D eigenvalue weighted by Gasteiger charge is 2.26. The van der Waals surface area contributed by atoms with E-state index in [9.17, 15) is 0 Å².